The molecule has 21 heavy (non-hydrogen) atoms. The number of carbonyl (C=O) groups excluding carboxylic acids is 1. The molecular formula is C14H14N2O4S. The molecule has 2 rings (SSSR count). The Labute approximate surface area is 125 Å². The molecule has 7 heteroatoms. The van der Waals surface area contributed by atoms with Gasteiger partial charge in [0.25, 0.3) is 11.6 Å². The van der Waals surface area contributed by atoms with Gasteiger partial charge in [0.05, 0.1) is 11.5 Å². The van der Waals surface area contributed by atoms with Gasteiger partial charge in [-0.25, -0.2) is 0 Å². The van der Waals surface area contributed by atoms with Gasteiger partial charge in [-0.2, -0.15) is 0 Å². The number of nitrogens with one attached hydrogen (secondary N) is 1. The average molecular weight is 306 g/mol. The van der Waals surface area contributed by atoms with Crippen molar-refractivity contribution in [2.45, 2.75) is 12.5 Å². The standard InChI is InChI=1S/C14H14N2O4S/c1-14(18,12-6-3-7-21-12)9-15-13(17)10-4-2-5-11(8-10)16(19)20/h2-8,18H,9H2,1H3,(H,15,17). The Balaban J connectivity index is 2.05. The molecule has 1 amide bonds. The van der Waals surface area contributed by atoms with E-state index in [9.17, 15) is 20.0 Å². The van der Waals surface area contributed by atoms with Crippen LogP contribution in [0.25, 0.3) is 0 Å². The van der Waals surface area contributed by atoms with Crippen molar-refractivity contribution in [3.05, 3.63) is 62.3 Å². The van der Waals surface area contributed by atoms with Gasteiger partial charge in [0, 0.05) is 22.6 Å². The highest BCUT2D eigenvalue weighted by atomic mass is 32.1. The van der Waals surface area contributed by atoms with Crippen LogP contribution in [0.4, 0.5) is 5.69 Å². The number of nitro benzene ring substituents is 1. The number of benzene rings is 1. The molecule has 0 saturated carbocycles. The summed E-state index contributed by atoms with van der Waals surface area (Å²) in [6.07, 6.45) is 0. The number of non-ortho nitro benzene ring substituents is 1. The minimum atomic E-state index is -1.18. The van der Waals surface area contributed by atoms with Gasteiger partial charge < -0.3 is 10.4 Å². The first-order valence-corrected chi connectivity index (χ1v) is 7.07. The van der Waals surface area contributed by atoms with E-state index in [1.54, 1.807) is 13.0 Å². The molecule has 6 nitrogen and oxygen atoms in total. The zero-order valence-electron chi connectivity index (χ0n) is 11.3. The zero-order chi connectivity index (χ0) is 15.5. The zero-order valence-corrected chi connectivity index (χ0v) is 12.1. The SMILES string of the molecule is CC(O)(CNC(=O)c1cccc([N+](=O)[O-])c1)c1cccs1. The summed E-state index contributed by atoms with van der Waals surface area (Å²) < 4.78 is 0. The number of amides is 1. The second kappa shape index (κ2) is 6.02. The first-order valence-electron chi connectivity index (χ1n) is 6.19. The topological polar surface area (TPSA) is 92.5 Å². The summed E-state index contributed by atoms with van der Waals surface area (Å²) in [6.45, 7) is 1.63. The molecule has 0 radical (unpaired) electrons. The van der Waals surface area contributed by atoms with E-state index in [2.05, 4.69) is 5.32 Å². The first-order chi connectivity index (χ1) is 9.90. The number of nitro groups is 1. The molecule has 1 unspecified atom stereocenters. The average Bonchev–Trinajstić information content (AvgIpc) is 3.00. The summed E-state index contributed by atoms with van der Waals surface area (Å²) in [5.74, 6) is -0.462. The van der Waals surface area contributed by atoms with E-state index in [-0.39, 0.29) is 17.8 Å². The van der Waals surface area contributed by atoms with Crippen LogP contribution < -0.4 is 5.32 Å². The van der Waals surface area contributed by atoms with Crippen LogP contribution in [0.2, 0.25) is 0 Å². The van der Waals surface area contributed by atoms with Gasteiger partial charge in [0.2, 0.25) is 0 Å². The fourth-order valence-electron chi connectivity index (χ4n) is 1.79. The molecule has 0 aliphatic heterocycles. The van der Waals surface area contributed by atoms with Gasteiger partial charge in [-0.05, 0) is 24.4 Å². The van der Waals surface area contributed by atoms with Crippen LogP contribution >= 0.6 is 11.3 Å². The predicted molar refractivity (Wildman–Crippen MR) is 79.3 cm³/mol. The Hall–Kier alpha value is -2.25. The quantitative estimate of drug-likeness (QED) is 0.655. The molecule has 2 N–H and O–H groups in total. The fraction of sp³-hybridized carbons (Fsp3) is 0.214. The molecule has 2 aromatic rings. The molecule has 1 atom stereocenters. The second-order valence-corrected chi connectivity index (χ2v) is 5.69. The fourth-order valence-corrected chi connectivity index (χ4v) is 2.57. The van der Waals surface area contributed by atoms with Crippen LogP contribution in [-0.2, 0) is 5.60 Å². The lowest BCUT2D eigenvalue weighted by Gasteiger charge is -2.22. The molecule has 0 bridgehead atoms. The van der Waals surface area contributed by atoms with Crippen molar-refractivity contribution in [1.82, 2.24) is 5.32 Å². The second-order valence-electron chi connectivity index (χ2n) is 4.74. The lowest BCUT2D eigenvalue weighted by atomic mass is 10.0. The summed E-state index contributed by atoms with van der Waals surface area (Å²) in [7, 11) is 0. The van der Waals surface area contributed by atoms with Crippen molar-refractivity contribution in [1.29, 1.82) is 0 Å². The number of thiophene rings is 1. The van der Waals surface area contributed by atoms with Crippen LogP contribution in [-0.4, -0.2) is 22.5 Å². The van der Waals surface area contributed by atoms with E-state index in [4.69, 9.17) is 0 Å². The molecule has 0 spiro atoms. The highest BCUT2D eigenvalue weighted by molar-refractivity contribution is 7.10. The number of hydrogen-bond donors (Lipinski definition) is 2. The summed E-state index contributed by atoms with van der Waals surface area (Å²) >= 11 is 1.39. The van der Waals surface area contributed by atoms with Crippen LogP contribution in [0, 0.1) is 10.1 Å². The highest BCUT2D eigenvalue weighted by Crippen LogP contribution is 2.24. The molecule has 1 aromatic heterocycles. The smallest absolute Gasteiger partial charge is 0.270 e. The van der Waals surface area contributed by atoms with Gasteiger partial charge in [0.15, 0.2) is 0 Å². The summed E-state index contributed by atoms with van der Waals surface area (Å²) in [5.41, 5.74) is -1.14. The number of carbonyl (C=O) groups is 1. The monoisotopic (exact) mass is 306 g/mol. The molecule has 1 heterocycles. The third-order valence-electron chi connectivity index (χ3n) is 2.96. The van der Waals surface area contributed by atoms with E-state index in [1.165, 1.54) is 35.6 Å². The van der Waals surface area contributed by atoms with Crippen molar-refractivity contribution in [2.24, 2.45) is 0 Å². The molecule has 0 saturated heterocycles. The first kappa shape index (κ1) is 15.1. The van der Waals surface area contributed by atoms with E-state index < -0.39 is 16.4 Å². The van der Waals surface area contributed by atoms with Crippen LogP contribution in [0.15, 0.2) is 41.8 Å². The Morgan fingerprint density at radius 3 is 2.81 bits per heavy atom. The maximum atomic E-state index is 12.0. The third kappa shape index (κ3) is 3.65. The summed E-state index contributed by atoms with van der Waals surface area (Å²) in [5, 5.41) is 25.4. The molecule has 110 valence electrons. The largest absolute Gasteiger partial charge is 0.383 e. The normalized spacial score (nSPS) is 13.4. The van der Waals surface area contributed by atoms with Gasteiger partial charge in [-0.3, -0.25) is 14.9 Å². The van der Waals surface area contributed by atoms with E-state index >= 15 is 0 Å². The highest BCUT2D eigenvalue weighted by Gasteiger charge is 2.25. The minimum Gasteiger partial charge on any atom is -0.383 e. The Morgan fingerprint density at radius 2 is 2.19 bits per heavy atom. The molecule has 0 aliphatic carbocycles. The molecular weight excluding hydrogens is 292 g/mol. The van der Waals surface area contributed by atoms with E-state index in [0.717, 1.165) is 4.88 Å². The number of nitrogens with zero attached hydrogens (tertiary/aromatic N) is 1. The molecule has 1 aromatic carbocycles. The number of rotatable bonds is 5. The van der Waals surface area contributed by atoms with Crippen molar-refractivity contribution >= 4 is 22.9 Å². The number of hydrogen-bond acceptors (Lipinski definition) is 5. The van der Waals surface area contributed by atoms with E-state index in [0.29, 0.717) is 0 Å². The van der Waals surface area contributed by atoms with Crippen molar-refractivity contribution < 1.29 is 14.8 Å². The predicted octanol–water partition coefficient (Wildman–Crippen LogP) is 2.29. The van der Waals surface area contributed by atoms with Gasteiger partial charge in [-0.15, -0.1) is 11.3 Å². The summed E-state index contributed by atoms with van der Waals surface area (Å²) in [4.78, 5) is 22.9. The van der Waals surface area contributed by atoms with E-state index in [1.807, 2.05) is 11.4 Å². The van der Waals surface area contributed by atoms with Crippen LogP contribution in [0.3, 0.4) is 0 Å². The third-order valence-corrected chi connectivity index (χ3v) is 4.09. The van der Waals surface area contributed by atoms with Crippen molar-refractivity contribution in [2.75, 3.05) is 6.54 Å². The van der Waals surface area contributed by atoms with Gasteiger partial charge >= 0.3 is 0 Å². The van der Waals surface area contributed by atoms with Crippen LogP contribution in [0.5, 0.6) is 0 Å². The van der Waals surface area contributed by atoms with Crippen molar-refractivity contribution in [3.63, 3.8) is 0 Å². The van der Waals surface area contributed by atoms with Crippen LogP contribution in [0.1, 0.15) is 22.2 Å². The maximum absolute atomic E-state index is 12.0. The van der Waals surface area contributed by atoms with Crippen molar-refractivity contribution in [3.8, 4) is 0 Å². The molecule has 0 aliphatic rings. The lowest BCUT2D eigenvalue weighted by molar-refractivity contribution is -0.384. The lowest BCUT2D eigenvalue weighted by Crippen LogP contribution is -2.38. The Morgan fingerprint density at radius 1 is 1.43 bits per heavy atom. The summed E-state index contributed by atoms with van der Waals surface area (Å²) in [6, 6.07) is 9.06. The van der Waals surface area contributed by atoms with Gasteiger partial charge in [-0.1, -0.05) is 12.1 Å². The molecule has 0 fully saturated rings. The Kier molecular flexibility index (Phi) is 4.35. The van der Waals surface area contributed by atoms with Gasteiger partial charge in [0.1, 0.15) is 5.60 Å². The minimum absolute atomic E-state index is 0.0229. The Bertz CT molecular complexity index is 653. The maximum Gasteiger partial charge on any atom is 0.270 e. The number of aliphatic hydroxyl groups is 1.